The van der Waals surface area contributed by atoms with E-state index in [2.05, 4.69) is 0 Å². The van der Waals surface area contributed by atoms with Crippen LogP contribution in [0.3, 0.4) is 0 Å². The molecule has 0 atom stereocenters. The second-order valence-electron chi connectivity index (χ2n) is 4.17. The number of aryl methyl sites for hydroxylation is 1. The van der Waals surface area contributed by atoms with Gasteiger partial charge in [-0.2, -0.15) is 0 Å². The molecule has 0 fully saturated rings. The van der Waals surface area contributed by atoms with Crippen molar-refractivity contribution in [3.63, 3.8) is 0 Å². The lowest BCUT2D eigenvalue weighted by Gasteiger charge is -2.08. The molecule has 0 aliphatic rings. The minimum atomic E-state index is -4.21. The van der Waals surface area contributed by atoms with Crippen LogP contribution in [0.2, 0.25) is 0 Å². The zero-order chi connectivity index (χ0) is 15.8. The number of sulfonamides is 1. The van der Waals surface area contributed by atoms with Crippen LogP contribution in [0.5, 0.6) is 0 Å². The fraction of sp³-hybridized carbons (Fsp3) is 0.167. The molecule has 0 radical (unpaired) electrons. The molecule has 114 valence electrons. The van der Waals surface area contributed by atoms with E-state index in [1.54, 1.807) is 0 Å². The summed E-state index contributed by atoms with van der Waals surface area (Å²) < 4.78 is 70.5. The van der Waals surface area contributed by atoms with Crippen molar-refractivity contribution in [1.82, 2.24) is 0 Å². The van der Waals surface area contributed by atoms with Crippen molar-refractivity contribution in [2.24, 2.45) is 5.73 Å². The normalized spacial score (nSPS) is 11.7. The molecule has 0 saturated carbocycles. The second kappa shape index (κ2) is 5.41. The van der Waals surface area contributed by atoms with Crippen LogP contribution >= 0.6 is 0 Å². The van der Waals surface area contributed by atoms with Crippen LogP contribution in [0.15, 0.2) is 27.5 Å². The van der Waals surface area contributed by atoms with Crippen LogP contribution in [0, 0.1) is 24.4 Å². The molecule has 5 nitrogen and oxygen atoms in total. The van der Waals surface area contributed by atoms with Crippen LogP contribution < -0.4 is 10.5 Å². The molecular formula is C12H11F3N2O3S. The first-order chi connectivity index (χ1) is 9.76. The molecule has 2 rings (SSSR count). The maximum absolute atomic E-state index is 13.5. The van der Waals surface area contributed by atoms with E-state index >= 15 is 0 Å². The van der Waals surface area contributed by atoms with Gasteiger partial charge in [-0.25, -0.2) is 21.6 Å². The van der Waals surface area contributed by atoms with E-state index in [1.807, 2.05) is 4.72 Å². The highest BCUT2D eigenvalue weighted by Crippen LogP contribution is 2.25. The zero-order valence-corrected chi connectivity index (χ0v) is 11.6. The number of benzene rings is 1. The van der Waals surface area contributed by atoms with Gasteiger partial charge in [-0.05, 0) is 19.1 Å². The lowest BCUT2D eigenvalue weighted by atomic mass is 10.3. The molecule has 0 aliphatic carbocycles. The summed E-state index contributed by atoms with van der Waals surface area (Å²) in [6.45, 7) is 1.37. The predicted molar refractivity (Wildman–Crippen MR) is 68.5 cm³/mol. The molecule has 1 aromatic carbocycles. The molecule has 21 heavy (non-hydrogen) atoms. The van der Waals surface area contributed by atoms with E-state index in [4.69, 9.17) is 10.2 Å². The fourth-order valence-corrected chi connectivity index (χ4v) is 2.96. The first-order valence-corrected chi connectivity index (χ1v) is 7.20. The summed E-state index contributed by atoms with van der Waals surface area (Å²) in [5.41, 5.74) is 4.62. The monoisotopic (exact) mass is 320 g/mol. The van der Waals surface area contributed by atoms with E-state index in [0.29, 0.717) is 6.07 Å². The number of anilines is 1. The Balaban J connectivity index is 2.42. The lowest BCUT2D eigenvalue weighted by molar-refractivity contribution is 0.449. The second-order valence-corrected chi connectivity index (χ2v) is 5.82. The number of hydrogen-bond acceptors (Lipinski definition) is 4. The van der Waals surface area contributed by atoms with Crippen LogP contribution in [0.25, 0.3) is 0 Å². The molecule has 0 aliphatic heterocycles. The Morgan fingerprint density at radius 3 is 2.48 bits per heavy atom. The third kappa shape index (κ3) is 2.88. The zero-order valence-electron chi connectivity index (χ0n) is 10.8. The van der Waals surface area contributed by atoms with Gasteiger partial charge < -0.3 is 10.2 Å². The SMILES string of the molecule is Cc1oc(CN)cc1S(=O)(=O)Nc1ccc(F)c(F)c1F. The molecule has 1 aromatic heterocycles. The molecular weight excluding hydrogens is 309 g/mol. The quantitative estimate of drug-likeness (QED) is 0.846. The predicted octanol–water partition coefficient (Wildman–Crippen LogP) is 2.26. The molecule has 0 spiro atoms. The Kier molecular flexibility index (Phi) is 3.97. The van der Waals surface area contributed by atoms with Crippen molar-refractivity contribution in [2.75, 3.05) is 4.72 Å². The number of rotatable bonds is 4. The minimum Gasteiger partial charge on any atom is -0.464 e. The Labute approximate surface area is 118 Å². The van der Waals surface area contributed by atoms with Crippen LogP contribution in [-0.4, -0.2) is 8.42 Å². The van der Waals surface area contributed by atoms with Crippen molar-refractivity contribution in [2.45, 2.75) is 18.4 Å². The maximum atomic E-state index is 13.5. The van der Waals surface area contributed by atoms with Crippen molar-refractivity contribution < 1.29 is 26.0 Å². The van der Waals surface area contributed by atoms with Gasteiger partial charge in [0.15, 0.2) is 17.5 Å². The summed E-state index contributed by atoms with van der Waals surface area (Å²) in [5, 5.41) is 0. The van der Waals surface area contributed by atoms with E-state index in [-0.39, 0.29) is 23.0 Å². The Morgan fingerprint density at radius 2 is 1.90 bits per heavy atom. The molecule has 0 unspecified atom stereocenters. The van der Waals surface area contributed by atoms with Gasteiger partial charge >= 0.3 is 0 Å². The molecule has 2 aromatic rings. The topological polar surface area (TPSA) is 85.3 Å². The summed E-state index contributed by atoms with van der Waals surface area (Å²) in [4.78, 5) is -0.257. The summed E-state index contributed by atoms with van der Waals surface area (Å²) in [7, 11) is -4.21. The van der Waals surface area contributed by atoms with Gasteiger partial charge in [-0.3, -0.25) is 4.72 Å². The number of nitrogens with two attached hydrogens (primary N) is 1. The summed E-state index contributed by atoms with van der Waals surface area (Å²) >= 11 is 0. The van der Waals surface area contributed by atoms with Gasteiger partial charge in [0.1, 0.15) is 16.4 Å². The highest BCUT2D eigenvalue weighted by Gasteiger charge is 2.24. The number of nitrogens with one attached hydrogen (secondary N) is 1. The highest BCUT2D eigenvalue weighted by molar-refractivity contribution is 7.92. The van der Waals surface area contributed by atoms with Crippen molar-refractivity contribution >= 4 is 15.7 Å². The van der Waals surface area contributed by atoms with Crippen LogP contribution in [-0.2, 0) is 16.6 Å². The smallest absolute Gasteiger partial charge is 0.265 e. The molecule has 0 amide bonds. The van der Waals surface area contributed by atoms with E-state index in [0.717, 1.165) is 6.07 Å². The summed E-state index contributed by atoms with van der Waals surface area (Å²) in [6.07, 6.45) is 0. The Bertz CT molecular complexity index is 787. The first kappa shape index (κ1) is 15.4. The van der Waals surface area contributed by atoms with E-state index in [9.17, 15) is 21.6 Å². The van der Waals surface area contributed by atoms with Gasteiger partial charge in [0.25, 0.3) is 10.0 Å². The molecule has 1 heterocycles. The van der Waals surface area contributed by atoms with Crippen molar-refractivity contribution in [1.29, 1.82) is 0 Å². The summed E-state index contributed by atoms with van der Waals surface area (Å²) in [5.74, 6) is -4.54. The van der Waals surface area contributed by atoms with Gasteiger partial charge in [0, 0.05) is 6.07 Å². The number of hydrogen-bond donors (Lipinski definition) is 2. The maximum Gasteiger partial charge on any atom is 0.265 e. The van der Waals surface area contributed by atoms with Crippen LogP contribution in [0.4, 0.5) is 18.9 Å². The van der Waals surface area contributed by atoms with Crippen molar-refractivity contribution in [3.8, 4) is 0 Å². The summed E-state index contributed by atoms with van der Waals surface area (Å²) in [6, 6.07) is 2.57. The van der Waals surface area contributed by atoms with Gasteiger partial charge in [-0.15, -0.1) is 0 Å². The molecule has 9 heteroatoms. The van der Waals surface area contributed by atoms with E-state index < -0.39 is 33.2 Å². The van der Waals surface area contributed by atoms with Gasteiger partial charge in [0.05, 0.1) is 12.2 Å². The number of halogens is 3. The average molecular weight is 320 g/mol. The Morgan fingerprint density at radius 1 is 1.24 bits per heavy atom. The lowest BCUT2D eigenvalue weighted by Crippen LogP contribution is -2.15. The fourth-order valence-electron chi connectivity index (χ4n) is 1.70. The highest BCUT2D eigenvalue weighted by atomic mass is 32.2. The van der Waals surface area contributed by atoms with Crippen molar-refractivity contribution in [3.05, 3.63) is 47.2 Å². The molecule has 0 saturated heterocycles. The van der Waals surface area contributed by atoms with Gasteiger partial charge in [-0.1, -0.05) is 0 Å². The largest absolute Gasteiger partial charge is 0.464 e. The third-order valence-electron chi connectivity index (χ3n) is 2.69. The van der Waals surface area contributed by atoms with Crippen LogP contribution in [0.1, 0.15) is 11.5 Å². The number of furan rings is 1. The molecule has 3 N–H and O–H groups in total. The first-order valence-electron chi connectivity index (χ1n) is 5.72. The minimum absolute atomic E-state index is 0.0180. The molecule has 0 bridgehead atoms. The Hall–Kier alpha value is -2.00. The standard InChI is InChI=1S/C12H11F3N2O3S/c1-6-10(4-7(5-16)20-6)21(18,19)17-9-3-2-8(13)11(14)12(9)15/h2-4,17H,5,16H2,1H3. The average Bonchev–Trinajstić information content (AvgIpc) is 2.81. The third-order valence-corrected chi connectivity index (χ3v) is 4.17. The van der Waals surface area contributed by atoms with Gasteiger partial charge in [0.2, 0.25) is 0 Å². The van der Waals surface area contributed by atoms with E-state index in [1.165, 1.54) is 13.0 Å².